The Labute approximate surface area is 145 Å². The van der Waals surface area contributed by atoms with Crippen LogP contribution in [0, 0.1) is 5.92 Å². The fraction of sp³-hybridized carbons (Fsp3) is 0.529. The third kappa shape index (κ3) is 2.24. The molecule has 1 aromatic carbocycles. The van der Waals surface area contributed by atoms with Gasteiger partial charge in [0.25, 0.3) is 5.91 Å². The topological polar surface area (TPSA) is 67.9 Å². The number of amides is 3. The molecule has 3 aliphatic rings. The highest BCUT2D eigenvalue weighted by Gasteiger charge is 2.54. The molecular formula is C17H19ClN2O4. The van der Waals surface area contributed by atoms with Crippen molar-refractivity contribution in [3.63, 3.8) is 0 Å². The minimum atomic E-state index is -0.741. The second kappa shape index (κ2) is 5.55. The van der Waals surface area contributed by atoms with Gasteiger partial charge in [-0.05, 0) is 36.5 Å². The van der Waals surface area contributed by atoms with E-state index in [9.17, 15) is 9.59 Å². The molecule has 24 heavy (non-hydrogen) atoms. The van der Waals surface area contributed by atoms with E-state index in [1.54, 1.807) is 12.1 Å². The average molecular weight is 351 g/mol. The van der Waals surface area contributed by atoms with E-state index >= 15 is 0 Å². The highest BCUT2D eigenvalue weighted by Crippen LogP contribution is 2.41. The molecule has 1 saturated heterocycles. The van der Waals surface area contributed by atoms with Gasteiger partial charge in [-0.25, -0.2) is 4.79 Å². The summed E-state index contributed by atoms with van der Waals surface area (Å²) in [4.78, 5) is 26.7. The second-order valence-corrected chi connectivity index (χ2v) is 7.16. The van der Waals surface area contributed by atoms with Crippen molar-refractivity contribution in [2.24, 2.45) is 5.92 Å². The monoisotopic (exact) mass is 350 g/mol. The highest BCUT2D eigenvalue weighted by molar-refractivity contribution is 6.32. The summed E-state index contributed by atoms with van der Waals surface area (Å²) in [5, 5.41) is 3.38. The quantitative estimate of drug-likeness (QED) is 0.832. The Bertz CT molecular complexity index is 723. The van der Waals surface area contributed by atoms with E-state index in [1.807, 2.05) is 6.92 Å². The number of imide groups is 1. The molecule has 1 aliphatic carbocycles. The Balaban J connectivity index is 1.60. The van der Waals surface area contributed by atoms with E-state index < -0.39 is 5.54 Å². The molecule has 0 bridgehead atoms. The van der Waals surface area contributed by atoms with Crippen molar-refractivity contribution < 1.29 is 19.1 Å². The lowest BCUT2D eigenvalue weighted by Gasteiger charge is -2.36. The summed E-state index contributed by atoms with van der Waals surface area (Å²) in [5.74, 6) is 1.07. The van der Waals surface area contributed by atoms with Crippen molar-refractivity contribution in [2.45, 2.75) is 44.7 Å². The number of nitrogens with one attached hydrogen (secondary N) is 1. The van der Waals surface area contributed by atoms with Crippen molar-refractivity contribution in [3.8, 4) is 11.5 Å². The molecule has 2 aliphatic heterocycles. The number of fused-ring (bicyclic) bond motifs is 1. The van der Waals surface area contributed by atoms with Gasteiger partial charge in [0.05, 0.1) is 11.6 Å². The summed E-state index contributed by atoms with van der Waals surface area (Å²) in [5.41, 5.74) is 0.00315. The first kappa shape index (κ1) is 15.6. The Hall–Kier alpha value is -1.95. The summed E-state index contributed by atoms with van der Waals surface area (Å²) >= 11 is 6.19. The third-order valence-electron chi connectivity index (χ3n) is 5.33. The van der Waals surface area contributed by atoms with Gasteiger partial charge in [-0.3, -0.25) is 9.69 Å². The fourth-order valence-corrected chi connectivity index (χ4v) is 4.22. The van der Waals surface area contributed by atoms with Crippen molar-refractivity contribution in [3.05, 3.63) is 22.7 Å². The average Bonchev–Trinajstić information content (AvgIpc) is 3.10. The molecular weight excluding hydrogens is 332 g/mol. The van der Waals surface area contributed by atoms with Gasteiger partial charge in [0.15, 0.2) is 11.5 Å². The maximum absolute atomic E-state index is 13.0. The van der Waals surface area contributed by atoms with Gasteiger partial charge in [0.2, 0.25) is 6.79 Å². The molecule has 7 heteroatoms. The van der Waals surface area contributed by atoms with Crippen molar-refractivity contribution >= 4 is 23.5 Å². The van der Waals surface area contributed by atoms with Crippen LogP contribution in [0.4, 0.5) is 4.79 Å². The maximum atomic E-state index is 13.0. The number of benzene rings is 1. The van der Waals surface area contributed by atoms with Crippen LogP contribution in [0.2, 0.25) is 5.02 Å². The molecule has 6 nitrogen and oxygen atoms in total. The van der Waals surface area contributed by atoms with Crippen LogP contribution in [0.5, 0.6) is 11.5 Å². The van der Waals surface area contributed by atoms with Gasteiger partial charge in [-0.1, -0.05) is 31.4 Å². The number of ether oxygens (including phenoxy) is 2. The van der Waals surface area contributed by atoms with Crippen LogP contribution in [0.1, 0.15) is 38.2 Å². The smallest absolute Gasteiger partial charge is 0.325 e. The zero-order chi connectivity index (χ0) is 16.9. The molecule has 1 spiro atoms. The lowest BCUT2D eigenvalue weighted by molar-refractivity contribution is -0.134. The summed E-state index contributed by atoms with van der Waals surface area (Å²) in [7, 11) is 0. The fourth-order valence-electron chi connectivity index (χ4n) is 3.93. The van der Waals surface area contributed by atoms with Crippen LogP contribution in [0.15, 0.2) is 12.1 Å². The predicted molar refractivity (Wildman–Crippen MR) is 87.0 cm³/mol. The van der Waals surface area contributed by atoms with Crippen LogP contribution >= 0.6 is 11.6 Å². The van der Waals surface area contributed by atoms with Gasteiger partial charge in [0.1, 0.15) is 5.54 Å². The molecule has 2 unspecified atom stereocenters. The normalized spacial score (nSPS) is 28.6. The second-order valence-electron chi connectivity index (χ2n) is 6.75. The van der Waals surface area contributed by atoms with Gasteiger partial charge in [0, 0.05) is 0 Å². The van der Waals surface area contributed by atoms with E-state index in [4.69, 9.17) is 21.1 Å². The predicted octanol–water partition coefficient (Wildman–Crippen LogP) is 3.07. The van der Waals surface area contributed by atoms with Crippen LogP contribution in [-0.2, 0) is 11.3 Å². The lowest BCUT2D eigenvalue weighted by atomic mass is 9.73. The molecule has 4 rings (SSSR count). The molecule has 0 aromatic heterocycles. The summed E-state index contributed by atoms with van der Waals surface area (Å²) in [6, 6.07) is 3.15. The first-order valence-electron chi connectivity index (χ1n) is 8.23. The van der Waals surface area contributed by atoms with Gasteiger partial charge >= 0.3 is 6.03 Å². The Morgan fingerprint density at radius 3 is 2.96 bits per heavy atom. The Morgan fingerprint density at radius 1 is 1.33 bits per heavy atom. The molecule has 3 amide bonds. The first-order valence-corrected chi connectivity index (χ1v) is 8.61. The number of nitrogens with zero attached hydrogens (tertiary/aromatic N) is 1. The molecule has 1 N–H and O–H groups in total. The highest BCUT2D eigenvalue weighted by atomic mass is 35.5. The summed E-state index contributed by atoms with van der Waals surface area (Å²) in [6.07, 6.45) is 3.72. The van der Waals surface area contributed by atoms with E-state index in [2.05, 4.69) is 5.32 Å². The van der Waals surface area contributed by atoms with E-state index in [0.29, 0.717) is 22.9 Å². The standard InChI is InChI=1S/C17H19ClN2O4/c1-10-4-2-3-5-17(10)15(21)20(16(22)19-17)8-11-6-12(18)14-13(7-11)23-9-24-14/h6-7,10H,2-5,8-9H2,1H3,(H,19,22). The summed E-state index contributed by atoms with van der Waals surface area (Å²) < 4.78 is 10.6. The van der Waals surface area contributed by atoms with Crippen molar-refractivity contribution in [1.29, 1.82) is 0 Å². The van der Waals surface area contributed by atoms with E-state index in [0.717, 1.165) is 24.8 Å². The molecule has 1 aromatic rings. The largest absolute Gasteiger partial charge is 0.454 e. The molecule has 2 atom stereocenters. The SMILES string of the molecule is CC1CCCCC12NC(=O)N(Cc1cc(Cl)c3c(c1)OCO3)C2=O. The van der Waals surface area contributed by atoms with Crippen molar-refractivity contribution in [2.75, 3.05) is 6.79 Å². The Morgan fingerprint density at radius 2 is 2.17 bits per heavy atom. The van der Waals surface area contributed by atoms with Gasteiger partial charge < -0.3 is 14.8 Å². The lowest BCUT2D eigenvalue weighted by Crippen LogP contribution is -2.53. The molecule has 2 heterocycles. The number of halogens is 1. The van der Waals surface area contributed by atoms with Crippen LogP contribution in [-0.4, -0.2) is 29.2 Å². The van der Waals surface area contributed by atoms with Gasteiger partial charge in [-0.15, -0.1) is 0 Å². The minimum absolute atomic E-state index is 0.127. The van der Waals surface area contributed by atoms with Gasteiger partial charge in [-0.2, -0.15) is 0 Å². The maximum Gasteiger partial charge on any atom is 0.325 e. The zero-order valence-electron chi connectivity index (χ0n) is 13.4. The number of urea groups is 1. The van der Waals surface area contributed by atoms with Crippen LogP contribution in [0.25, 0.3) is 0 Å². The van der Waals surface area contributed by atoms with Crippen LogP contribution in [0.3, 0.4) is 0 Å². The van der Waals surface area contributed by atoms with E-state index in [1.165, 1.54) is 4.90 Å². The summed E-state index contributed by atoms with van der Waals surface area (Å²) in [6.45, 7) is 2.34. The van der Waals surface area contributed by atoms with Crippen LogP contribution < -0.4 is 14.8 Å². The zero-order valence-corrected chi connectivity index (χ0v) is 14.2. The number of hydrogen-bond acceptors (Lipinski definition) is 4. The Kier molecular flexibility index (Phi) is 3.60. The first-order chi connectivity index (χ1) is 11.5. The number of carbonyl (C=O) groups excluding carboxylic acids is 2. The molecule has 2 fully saturated rings. The molecule has 1 saturated carbocycles. The molecule has 0 radical (unpaired) electrons. The van der Waals surface area contributed by atoms with E-state index in [-0.39, 0.29) is 31.2 Å². The number of rotatable bonds is 2. The molecule has 128 valence electrons. The van der Waals surface area contributed by atoms with Crippen molar-refractivity contribution in [1.82, 2.24) is 10.2 Å². The number of hydrogen-bond donors (Lipinski definition) is 1. The third-order valence-corrected chi connectivity index (χ3v) is 5.61. The minimum Gasteiger partial charge on any atom is -0.454 e. The number of carbonyl (C=O) groups is 2.